The molecular weight excluding hydrogens is 428 g/mol. The first kappa shape index (κ1) is 17.6. The van der Waals surface area contributed by atoms with E-state index in [4.69, 9.17) is 4.74 Å². The molecule has 1 aromatic carbocycles. The van der Waals surface area contributed by atoms with Crippen molar-refractivity contribution in [3.63, 3.8) is 0 Å². The third-order valence-corrected chi connectivity index (χ3v) is 3.98. The number of rotatable bonds is 4. The number of aromatic nitrogens is 1. The maximum atomic E-state index is 12.6. The van der Waals surface area contributed by atoms with Gasteiger partial charge >= 0.3 is 12.1 Å². The SMILES string of the molecule is Cc1c(C(F)(F)F)noc1OCC(=O)N(C)c1ccccc1I. The summed E-state index contributed by atoms with van der Waals surface area (Å²) in [6.45, 7) is 0.706. The fourth-order valence-electron chi connectivity index (χ4n) is 1.80. The lowest BCUT2D eigenvalue weighted by atomic mass is 10.2. The second-order valence-corrected chi connectivity index (χ2v) is 5.80. The van der Waals surface area contributed by atoms with Crippen molar-refractivity contribution >= 4 is 34.2 Å². The number of para-hydroxylation sites is 1. The van der Waals surface area contributed by atoms with Crippen molar-refractivity contribution in [2.45, 2.75) is 13.1 Å². The number of carbonyl (C=O) groups excluding carboxylic acids is 1. The van der Waals surface area contributed by atoms with Gasteiger partial charge in [-0.3, -0.25) is 4.79 Å². The van der Waals surface area contributed by atoms with Crippen LogP contribution >= 0.6 is 22.6 Å². The van der Waals surface area contributed by atoms with E-state index in [-0.39, 0.29) is 5.56 Å². The van der Waals surface area contributed by atoms with Crippen LogP contribution in [0.15, 0.2) is 28.8 Å². The van der Waals surface area contributed by atoms with Crippen molar-refractivity contribution in [3.05, 3.63) is 39.1 Å². The summed E-state index contributed by atoms with van der Waals surface area (Å²) < 4.78 is 48.2. The van der Waals surface area contributed by atoms with E-state index in [9.17, 15) is 18.0 Å². The molecule has 1 amide bonds. The molecule has 2 aromatic rings. The van der Waals surface area contributed by atoms with Crippen LogP contribution in [0.2, 0.25) is 0 Å². The van der Waals surface area contributed by atoms with Crippen LogP contribution in [-0.4, -0.2) is 24.7 Å². The van der Waals surface area contributed by atoms with Crippen LogP contribution in [0.25, 0.3) is 0 Å². The molecule has 0 aliphatic rings. The van der Waals surface area contributed by atoms with E-state index in [1.807, 2.05) is 12.1 Å². The van der Waals surface area contributed by atoms with Crippen molar-refractivity contribution in [1.82, 2.24) is 5.16 Å². The van der Waals surface area contributed by atoms with Crippen molar-refractivity contribution in [3.8, 4) is 5.95 Å². The lowest BCUT2D eigenvalue weighted by Crippen LogP contribution is -2.31. The first-order chi connectivity index (χ1) is 10.7. The van der Waals surface area contributed by atoms with E-state index >= 15 is 0 Å². The van der Waals surface area contributed by atoms with Gasteiger partial charge in [0.25, 0.3) is 5.91 Å². The largest absolute Gasteiger partial charge is 0.453 e. The summed E-state index contributed by atoms with van der Waals surface area (Å²) in [5.41, 5.74) is -0.778. The van der Waals surface area contributed by atoms with E-state index in [0.29, 0.717) is 5.69 Å². The molecule has 9 heteroatoms. The number of alkyl halides is 3. The zero-order valence-corrected chi connectivity index (χ0v) is 14.3. The zero-order chi connectivity index (χ0) is 17.2. The van der Waals surface area contributed by atoms with Crippen LogP contribution in [0, 0.1) is 10.5 Å². The number of likely N-dealkylation sites (N-methyl/N-ethyl adjacent to an activating group) is 1. The molecule has 0 saturated carbocycles. The Labute approximate surface area is 143 Å². The van der Waals surface area contributed by atoms with Gasteiger partial charge in [0.05, 0.1) is 11.3 Å². The summed E-state index contributed by atoms with van der Waals surface area (Å²) in [7, 11) is 1.55. The lowest BCUT2D eigenvalue weighted by molar-refractivity contribution is -0.143. The Bertz CT molecular complexity index is 716. The quantitative estimate of drug-likeness (QED) is 0.682. The summed E-state index contributed by atoms with van der Waals surface area (Å²) in [5, 5.41) is 2.93. The summed E-state index contributed by atoms with van der Waals surface area (Å²) in [6, 6.07) is 7.19. The molecule has 0 N–H and O–H groups in total. The molecule has 0 aliphatic heterocycles. The number of anilines is 1. The molecule has 1 aromatic heterocycles. The minimum atomic E-state index is -4.63. The van der Waals surface area contributed by atoms with E-state index in [1.54, 1.807) is 19.2 Å². The average molecular weight is 440 g/mol. The predicted octanol–water partition coefficient (Wildman–Crippen LogP) is 3.65. The summed E-state index contributed by atoms with van der Waals surface area (Å²) in [5.74, 6) is -0.847. The van der Waals surface area contributed by atoms with Crippen LogP contribution in [-0.2, 0) is 11.0 Å². The molecule has 0 fully saturated rings. The van der Waals surface area contributed by atoms with E-state index in [1.165, 1.54) is 11.8 Å². The molecule has 0 saturated heterocycles. The number of benzene rings is 1. The molecule has 0 radical (unpaired) electrons. The van der Waals surface area contributed by atoms with Crippen molar-refractivity contribution in [2.24, 2.45) is 0 Å². The standard InChI is InChI=1S/C14H12F3IN2O3/c1-8-12(14(15,16)17)19-23-13(8)22-7-11(21)20(2)10-6-4-3-5-9(10)18/h3-6H,7H2,1-2H3. The predicted molar refractivity (Wildman–Crippen MR) is 84.3 cm³/mol. The molecule has 0 spiro atoms. The highest BCUT2D eigenvalue weighted by Gasteiger charge is 2.38. The smallest absolute Gasteiger partial charge is 0.437 e. The minimum absolute atomic E-state index is 0.290. The molecule has 0 atom stereocenters. The molecule has 1 heterocycles. The molecule has 23 heavy (non-hydrogen) atoms. The number of nitrogens with zero attached hydrogens (tertiary/aromatic N) is 2. The van der Waals surface area contributed by atoms with Crippen LogP contribution in [0.5, 0.6) is 5.95 Å². The topological polar surface area (TPSA) is 55.6 Å². The Kier molecular flexibility index (Phi) is 5.17. The van der Waals surface area contributed by atoms with Gasteiger partial charge in [0.2, 0.25) is 0 Å². The van der Waals surface area contributed by atoms with Crippen LogP contribution < -0.4 is 9.64 Å². The maximum absolute atomic E-state index is 12.6. The fourth-order valence-corrected chi connectivity index (χ4v) is 2.55. The molecule has 5 nitrogen and oxygen atoms in total. The average Bonchev–Trinajstić information content (AvgIpc) is 2.85. The molecule has 0 unspecified atom stereocenters. The van der Waals surface area contributed by atoms with Crippen molar-refractivity contribution in [2.75, 3.05) is 18.6 Å². The number of halogens is 4. The van der Waals surface area contributed by atoms with Gasteiger partial charge in [-0.2, -0.15) is 13.2 Å². The van der Waals surface area contributed by atoms with E-state index < -0.39 is 30.3 Å². The van der Waals surface area contributed by atoms with Gasteiger partial charge < -0.3 is 14.2 Å². The van der Waals surface area contributed by atoms with Gasteiger partial charge in [0.1, 0.15) is 0 Å². The first-order valence-corrected chi connectivity index (χ1v) is 7.47. The second kappa shape index (κ2) is 6.77. The molecule has 0 aliphatic carbocycles. The van der Waals surface area contributed by atoms with E-state index in [2.05, 4.69) is 32.3 Å². The van der Waals surface area contributed by atoms with Crippen LogP contribution in [0.3, 0.4) is 0 Å². The van der Waals surface area contributed by atoms with Gasteiger partial charge in [-0.25, -0.2) is 0 Å². The Morgan fingerprint density at radius 3 is 2.61 bits per heavy atom. The fraction of sp³-hybridized carbons (Fsp3) is 0.286. The summed E-state index contributed by atoms with van der Waals surface area (Å²) >= 11 is 2.08. The van der Waals surface area contributed by atoms with Gasteiger partial charge in [-0.15, -0.1) is 0 Å². The number of hydrogen-bond donors (Lipinski definition) is 0. The monoisotopic (exact) mass is 440 g/mol. The highest BCUT2D eigenvalue weighted by Crippen LogP contribution is 2.34. The Morgan fingerprint density at radius 2 is 2.04 bits per heavy atom. The van der Waals surface area contributed by atoms with Gasteiger partial charge in [0.15, 0.2) is 12.3 Å². The molecule has 2 rings (SSSR count). The number of ether oxygens (including phenoxy) is 1. The summed E-state index contributed by atoms with van der Waals surface area (Å²) in [6.07, 6.45) is -4.63. The number of hydrogen-bond acceptors (Lipinski definition) is 4. The van der Waals surface area contributed by atoms with E-state index in [0.717, 1.165) is 3.57 Å². The summed E-state index contributed by atoms with van der Waals surface area (Å²) in [4.78, 5) is 13.5. The molecule has 124 valence electrons. The first-order valence-electron chi connectivity index (χ1n) is 6.39. The maximum Gasteiger partial charge on any atom is 0.437 e. The molecule has 0 bridgehead atoms. The second-order valence-electron chi connectivity index (χ2n) is 4.63. The third kappa shape index (κ3) is 3.95. The normalized spacial score (nSPS) is 11.4. The van der Waals surface area contributed by atoms with Gasteiger partial charge in [-0.1, -0.05) is 17.3 Å². The van der Waals surface area contributed by atoms with Crippen molar-refractivity contribution in [1.29, 1.82) is 0 Å². The highest BCUT2D eigenvalue weighted by atomic mass is 127. The number of carbonyl (C=O) groups is 1. The minimum Gasteiger partial charge on any atom is -0.453 e. The van der Waals surface area contributed by atoms with Gasteiger partial charge in [0, 0.05) is 10.6 Å². The third-order valence-electron chi connectivity index (χ3n) is 3.06. The van der Waals surface area contributed by atoms with Crippen molar-refractivity contribution < 1.29 is 27.2 Å². The van der Waals surface area contributed by atoms with Gasteiger partial charge in [-0.05, 0) is 41.6 Å². The number of amides is 1. The lowest BCUT2D eigenvalue weighted by Gasteiger charge is -2.18. The Morgan fingerprint density at radius 1 is 1.39 bits per heavy atom. The van der Waals surface area contributed by atoms with Crippen LogP contribution in [0.4, 0.5) is 18.9 Å². The zero-order valence-electron chi connectivity index (χ0n) is 12.1. The van der Waals surface area contributed by atoms with Crippen LogP contribution in [0.1, 0.15) is 11.3 Å². The highest BCUT2D eigenvalue weighted by molar-refractivity contribution is 14.1. The Balaban J connectivity index is 2.05. The Hall–Kier alpha value is -1.78. The molecular formula is C14H12F3IN2O3.